The largest absolute Gasteiger partial charge is 0.481 e. The summed E-state index contributed by atoms with van der Waals surface area (Å²) in [5, 5.41) is 8.90. The summed E-state index contributed by atoms with van der Waals surface area (Å²) in [6.07, 6.45) is 25.2. The Morgan fingerprint density at radius 2 is 1.97 bits per heavy atom. The van der Waals surface area contributed by atoms with Gasteiger partial charge in [0.15, 0.2) is 6.29 Å². The number of alkyl halides is 1. The average Bonchev–Trinajstić information content (AvgIpc) is 3.39. The normalized spacial score (nSPS) is 32.2. The van der Waals surface area contributed by atoms with Gasteiger partial charge in [-0.3, -0.25) is 4.79 Å². The Bertz CT molecular complexity index is 634. The Labute approximate surface area is 206 Å². The van der Waals surface area contributed by atoms with Gasteiger partial charge >= 0.3 is 5.97 Å². The second-order valence-electron chi connectivity index (χ2n) is 10.5. The molecule has 3 fully saturated rings. The van der Waals surface area contributed by atoms with E-state index in [9.17, 15) is 4.79 Å². The zero-order valence-electron chi connectivity index (χ0n) is 20.6. The van der Waals surface area contributed by atoms with Crippen molar-refractivity contribution in [3.63, 3.8) is 0 Å². The predicted molar refractivity (Wildman–Crippen MR) is 135 cm³/mol. The van der Waals surface area contributed by atoms with Gasteiger partial charge in [-0.2, -0.15) is 0 Å². The lowest BCUT2D eigenvalue weighted by Gasteiger charge is -2.29. The third kappa shape index (κ3) is 8.40. The molecule has 3 rings (SSSR count). The first kappa shape index (κ1) is 26.8. The molecular weight excluding hydrogens is 436 g/mol. The Morgan fingerprint density at radius 1 is 1.15 bits per heavy atom. The van der Waals surface area contributed by atoms with Crippen LogP contribution in [0.1, 0.15) is 103 Å². The van der Waals surface area contributed by atoms with Crippen molar-refractivity contribution < 1.29 is 19.4 Å². The van der Waals surface area contributed by atoms with Gasteiger partial charge in [0.1, 0.15) is 0 Å². The van der Waals surface area contributed by atoms with Gasteiger partial charge in [-0.1, -0.05) is 50.5 Å². The summed E-state index contributed by atoms with van der Waals surface area (Å²) in [4.78, 5) is 10.7. The molecule has 1 N–H and O–H groups in total. The summed E-state index contributed by atoms with van der Waals surface area (Å²) in [7, 11) is 0. The van der Waals surface area contributed by atoms with Gasteiger partial charge in [0.2, 0.25) is 0 Å². The molecule has 0 aromatic carbocycles. The summed E-state index contributed by atoms with van der Waals surface area (Å²) < 4.78 is 12.3. The molecule has 1 heterocycles. The predicted octanol–water partition coefficient (Wildman–Crippen LogP) is 7.65. The molecule has 0 radical (unpaired) electrons. The first-order valence-corrected chi connectivity index (χ1v) is 13.9. The number of unbranched alkanes of at least 4 members (excludes halogenated alkanes) is 1. The number of carboxylic acid groups (broad SMARTS) is 1. The van der Waals surface area contributed by atoms with Gasteiger partial charge in [-0.25, -0.2) is 0 Å². The highest BCUT2D eigenvalue weighted by molar-refractivity contribution is 6.21. The van der Waals surface area contributed by atoms with E-state index in [2.05, 4.69) is 31.2 Å². The summed E-state index contributed by atoms with van der Waals surface area (Å²) in [5.41, 5.74) is 0.568. The van der Waals surface area contributed by atoms with E-state index in [0.29, 0.717) is 23.7 Å². The lowest BCUT2D eigenvalue weighted by atomic mass is 9.79. The van der Waals surface area contributed by atoms with Gasteiger partial charge in [-0.15, -0.1) is 11.6 Å². The molecule has 0 bridgehead atoms. The molecule has 2 saturated carbocycles. The highest BCUT2D eigenvalue weighted by Crippen LogP contribution is 2.45. The number of ether oxygens (including phenoxy) is 2. The van der Waals surface area contributed by atoms with Crippen molar-refractivity contribution in [3.8, 4) is 0 Å². The highest BCUT2D eigenvalue weighted by Gasteiger charge is 2.42. The minimum absolute atomic E-state index is 0.0873. The molecular formula is C28H45ClO4. The number of hydrogen-bond acceptors (Lipinski definition) is 3. The maximum Gasteiger partial charge on any atom is 0.303 e. The van der Waals surface area contributed by atoms with Crippen LogP contribution in [0, 0.1) is 17.3 Å². The number of hydrogen-bond donors (Lipinski definition) is 1. The zero-order valence-corrected chi connectivity index (χ0v) is 21.3. The lowest BCUT2D eigenvalue weighted by molar-refractivity contribution is -0.192. The maximum absolute atomic E-state index is 10.7. The van der Waals surface area contributed by atoms with Crippen LogP contribution in [0.5, 0.6) is 0 Å². The molecule has 0 amide bonds. The monoisotopic (exact) mass is 480 g/mol. The third-order valence-electron chi connectivity index (χ3n) is 8.26. The standard InChI is InChI=1S/C28H45ClO4/c1-2-28(18-10-11-19-28)17-9-7-14-23-22(13-5-3-4-6-15-26(30)31)24(29)21-25(23)33-27-16-8-12-20-32-27/h3,5,7,14,22-25,27H,2,4,6,8-13,15-21H2,1H3,(H,30,31)/b5-3-,14-7+/t22-,23-,24-,25-,27?/m1/s1. The van der Waals surface area contributed by atoms with Crippen LogP contribution in [0.25, 0.3) is 0 Å². The Hall–Kier alpha value is -0.840. The minimum atomic E-state index is -0.724. The van der Waals surface area contributed by atoms with E-state index in [1.54, 1.807) is 0 Å². The van der Waals surface area contributed by atoms with Gasteiger partial charge in [0.05, 0.1) is 6.10 Å². The molecule has 3 aliphatic rings. The Kier molecular flexibility index (Phi) is 11.3. The smallest absolute Gasteiger partial charge is 0.303 e. The van der Waals surface area contributed by atoms with Crippen molar-refractivity contribution in [2.75, 3.05) is 6.61 Å². The molecule has 0 spiro atoms. The highest BCUT2D eigenvalue weighted by atomic mass is 35.5. The van der Waals surface area contributed by atoms with Crippen LogP contribution in [0.2, 0.25) is 0 Å². The second kappa shape index (κ2) is 13.9. The van der Waals surface area contributed by atoms with Crippen LogP contribution < -0.4 is 0 Å². The molecule has 2 aliphatic carbocycles. The second-order valence-corrected chi connectivity index (χ2v) is 11.0. The van der Waals surface area contributed by atoms with E-state index < -0.39 is 5.97 Å². The van der Waals surface area contributed by atoms with Crippen molar-refractivity contribution >= 4 is 17.6 Å². The van der Waals surface area contributed by atoms with Gasteiger partial charge in [0, 0.05) is 24.3 Å². The molecule has 5 heteroatoms. The lowest BCUT2D eigenvalue weighted by Crippen LogP contribution is -2.30. The van der Waals surface area contributed by atoms with Crippen molar-refractivity contribution in [2.45, 2.75) is 121 Å². The Balaban J connectivity index is 1.58. The fourth-order valence-corrected chi connectivity index (χ4v) is 6.54. The van der Waals surface area contributed by atoms with E-state index in [4.69, 9.17) is 26.2 Å². The molecule has 188 valence electrons. The molecule has 4 nitrogen and oxygen atoms in total. The van der Waals surface area contributed by atoms with Crippen molar-refractivity contribution in [3.05, 3.63) is 24.3 Å². The van der Waals surface area contributed by atoms with Crippen molar-refractivity contribution in [2.24, 2.45) is 17.3 Å². The topological polar surface area (TPSA) is 55.8 Å². The van der Waals surface area contributed by atoms with E-state index in [1.807, 2.05) is 0 Å². The number of carbonyl (C=O) groups is 1. The SMILES string of the molecule is CCC1(CC/C=C/[C@@H]2[C@@H](C/C=C\CCCC(=O)O)[C@H](Cl)C[C@H]2OC2CCCCO2)CCCC1. The van der Waals surface area contributed by atoms with Crippen LogP contribution in [0.4, 0.5) is 0 Å². The van der Waals surface area contributed by atoms with Crippen LogP contribution in [-0.2, 0) is 14.3 Å². The maximum atomic E-state index is 10.7. The fraction of sp³-hybridized carbons (Fsp3) is 0.821. The number of aliphatic carboxylic acids is 1. The first-order chi connectivity index (χ1) is 16.0. The third-order valence-corrected chi connectivity index (χ3v) is 8.76. The van der Waals surface area contributed by atoms with E-state index in [-0.39, 0.29) is 24.2 Å². The first-order valence-electron chi connectivity index (χ1n) is 13.5. The van der Waals surface area contributed by atoms with Crippen LogP contribution in [0.3, 0.4) is 0 Å². The van der Waals surface area contributed by atoms with Crippen LogP contribution in [0.15, 0.2) is 24.3 Å². The van der Waals surface area contributed by atoms with E-state index in [0.717, 1.165) is 45.1 Å². The summed E-state index contributed by atoms with van der Waals surface area (Å²) in [6, 6.07) is 0. The summed E-state index contributed by atoms with van der Waals surface area (Å²) >= 11 is 6.86. The van der Waals surface area contributed by atoms with E-state index in [1.165, 1.54) is 44.9 Å². The zero-order chi connectivity index (χ0) is 23.5. The molecule has 1 aliphatic heterocycles. The van der Waals surface area contributed by atoms with Crippen LogP contribution >= 0.6 is 11.6 Å². The molecule has 5 atom stereocenters. The summed E-state index contributed by atoms with van der Waals surface area (Å²) in [5.74, 6) is -0.0701. The van der Waals surface area contributed by atoms with Gasteiger partial charge in [0.25, 0.3) is 0 Å². The van der Waals surface area contributed by atoms with Gasteiger partial charge < -0.3 is 14.6 Å². The van der Waals surface area contributed by atoms with Crippen molar-refractivity contribution in [1.82, 2.24) is 0 Å². The molecule has 1 saturated heterocycles. The Morgan fingerprint density at radius 3 is 2.67 bits per heavy atom. The number of halogens is 1. The molecule has 0 aromatic heterocycles. The summed E-state index contributed by atoms with van der Waals surface area (Å²) in [6.45, 7) is 3.15. The number of allylic oxidation sites excluding steroid dienone is 3. The molecule has 33 heavy (non-hydrogen) atoms. The van der Waals surface area contributed by atoms with Crippen molar-refractivity contribution in [1.29, 1.82) is 0 Å². The minimum Gasteiger partial charge on any atom is -0.481 e. The quantitative estimate of drug-likeness (QED) is 0.167. The van der Waals surface area contributed by atoms with Gasteiger partial charge in [-0.05, 0) is 82.0 Å². The fourth-order valence-electron chi connectivity index (χ4n) is 6.09. The molecule has 1 unspecified atom stereocenters. The molecule has 0 aromatic rings. The average molecular weight is 481 g/mol. The number of carboxylic acids is 1. The van der Waals surface area contributed by atoms with E-state index >= 15 is 0 Å². The number of rotatable bonds is 13. The van der Waals surface area contributed by atoms with Crippen LogP contribution in [-0.4, -0.2) is 35.5 Å².